The Hall–Kier alpha value is -2.28. The first-order valence-corrected chi connectivity index (χ1v) is 9.87. The first kappa shape index (κ1) is 19.1. The van der Waals surface area contributed by atoms with Gasteiger partial charge < -0.3 is 14.8 Å². The predicted molar refractivity (Wildman–Crippen MR) is 109 cm³/mol. The molecular formula is C21H24ClN3O3. The summed E-state index contributed by atoms with van der Waals surface area (Å²) in [6.07, 6.45) is 0. The first-order chi connectivity index (χ1) is 13.6. The predicted octanol–water partition coefficient (Wildman–Crippen LogP) is 3.21. The van der Waals surface area contributed by atoms with Gasteiger partial charge in [-0.05, 0) is 42.8 Å². The van der Waals surface area contributed by atoms with Crippen molar-refractivity contribution in [2.75, 3.05) is 38.3 Å². The van der Waals surface area contributed by atoms with Gasteiger partial charge in [0.2, 0.25) is 12.7 Å². The fourth-order valence-corrected chi connectivity index (χ4v) is 3.78. The van der Waals surface area contributed by atoms with Crippen molar-refractivity contribution in [3.63, 3.8) is 0 Å². The number of halogens is 1. The number of rotatable bonds is 5. The molecule has 0 bridgehead atoms. The lowest BCUT2D eigenvalue weighted by atomic mass is 10.1. The van der Waals surface area contributed by atoms with Gasteiger partial charge >= 0.3 is 0 Å². The smallest absolute Gasteiger partial charge is 0.241 e. The van der Waals surface area contributed by atoms with E-state index in [4.69, 9.17) is 21.1 Å². The first-order valence-electron chi connectivity index (χ1n) is 9.50. The van der Waals surface area contributed by atoms with Gasteiger partial charge in [0.1, 0.15) is 0 Å². The van der Waals surface area contributed by atoms with Gasteiger partial charge in [-0.3, -0.25) is 14.6 Å². The summed E-state index contributed by atoms with van der Waals surface area (Å²) in [6.45, 7) is 6.67. The number of nitrogens with zero attached hydrogens (tertiary/aromatic N) is 2. The van der Waals surface area contributed by atoms with Crippen molar-refractivity contribution in [2.45, 2.75) is 19.5 Å². The van der Waals surface area contributed by atoms with Crippen LogP contribution in [0.4, 0.5) is 5.69 Å². The highest BCUT2D eigenvalue weighted by atomic mass is 35.5. The number of benzene rings is 2. The highest BCUT2D eigenvalue weighted by Crippen LogP contribution is 2.32. The SMILES string of the molecule is C[C@@H](C(=O)Nc1cccc(Cl)c1)N1CCN(Cc2ccc3c(c2)OCO3)CC1. The highest BCUT2D eigenvalue weighted by Gasteiger charge is 2.26. The van der Waals surface area contributed by atoms with E-state index in [1.165, 1.54) is 5.56 Å². The molecule has 148 valence electrons. The minimum absolute atomic E-state index is 0.00788. The van der Waals surface area contributed by atoms with Crippen LogP contribution in [0.15, 0.2) is 42.5 Å². The zero-order valence-corrected chi connectivity index (χ0v) is 16.6. The zero-order valence-electron chi connectivity index (χ0n) is 15.9. The number of piperazine rings is 1. The average Bonchev–Trinajstić information content (AvgIpc) is 3.16. The molecule has 1 N–H and O–H groups in total. The number of amides is 1. The summed E-state index contributed by atoms with van der Waals surface area (Å²) < 4.78 is 10.8. The van der Waals surface area contributed by atoms with Crippen molar-refractivity contribution in [1.29, 1.82) is 0 Å². The zero-order chi connectivity index (χ0) is 19.5. The Morgan fingerprint density at radius 3 is 2.68 bits per heavy atom. The van der Waals surface area contributed by atoms with Gasteiger partial charge in [-0.2, -0.15) is 0 Å². The van der Waals surface area contributed by atoms with Crippen molar-refractivity contribution in [2.24, 2.45) is 0 Å². The lowest BCUT2D eigenvalue weighted by molar-refractivity contribution is -0.121. The number of carbonyl (C=O) groups excluding carboxylic acids is 1. The topological polar surface area (TPSA) is 54.0 Å². The van der Waals surface area contributed by atoms with Gasteiger partial charge in [0.05, 0.1) is 6.04 Å². The second-order valence-corrected chi connectivity index (χ2v) is 7.61. The molecule has 7 heteroatoms. The molecule has 1 fully saturated rings. The number of anilines is 1. The quantitative estimate of drug-likeness (QED) is 0.833. The highest BCUT2D eigenvalue weighted by molar-refractivity contribution is 6.30. The van der Waals surface area contributed by atoms with Gasteiger partial charge in [-0.25, -0.2) is 0 Å². The molecule has 1 atom stereocenters. The third-order valence-corrected chi connectivity index (χ3v) is 5.50. The van der Waals surface area contributed by atoms with Crippen molar-refractivity contribution in [3.8, 4) is 11.5 Å². The standard InChI is InChI=1S/C21H24ClN3O3/c1-15(21(26)23-18-4-2-3-17(22)12-18)25-9-7-24(8-10-25)13-16-5-6-19-20(11-16)28-14-27-19/h2-6,11-12,15H,7-10,13-14H2,1H3,(H,23,26)/t15-/m0/s1. The normalized spacial score (nSPS) is 18.1. The number of hydrogen-bond acceptors (Lipinski definition) is 5. The molecule has 28 heavy (non-hydrogen) atoms. The molecule has 2 aliphatic rings. The van der Waals surface area contributed by atoms with Crippen LogP contribution in [0.5, 0.6) is 11.5 Å². The Labute approximate surface area is 170 Å². The third-order valence-electron chi connectivity index (χ3n) is 5.27. The van der Waals surface area contributed by atoms with Crippen molar-refractivity contribution in [1.82, 2.24) is 9.80 Å². The molecule has 2 aromatic carbocycles. The Balaban J connectivity index is 1.28. The van der Waals surface area contributed by atoms with Crippen LogP contribution in [0.2, 0.25) is 5.02 Å². The van der Waals surface area contributed by atoms with Crippen LogP contribution in [0.1, 0.15) is 12.5 Å². The lowest BCUT2D eigenvalue weighted by Crippen LogP contribution is -2.52. The maximum absolute atomic E-state index is 12.6. The van der Waals surface area contributed by atoms with Crippen LogP contribution in [0.3, 0.4) is 0 Å². The van der Waals surface area contributed by atoms with Crippen LogP contribution in [-0.2, 0) is 11.3 Å². The molecule has 1 amide bonds. The number of nitrogens with one attached hydrogen (secondary N) is 1. The number of carbonyl (C=O) groups is 1. The second kappa shape index (κ2) is 8.39. The van der Waals surface area contributed by atoms with E-state index in [0.29, 0.717) is 11.8 Å². The summed E-state index contributed by atoms with van der Waals surface area (Å²) in [7, 11) is 0. The van der Waals surface area contributed by atoms with E-state index in [1.54, 1.807) is 12.1 Å². The minimum Gasteiger partial charge on any atom is -0.454 e. The fourth-order valence-electron chi connectivity index (χ4n) is 3.59. The van der Waals surface area contributed by atoms with E-state index in [2.05, 4.69) is 27.2 Å². The fraction of sp³-hybridized carbons (Fsp3) is 0.381. The van der Waals surface area contributed by atoms with E-state index in [1.807, 2.05) is 25.1 Å². The van der Waals surface area contributed by atoms with Crippen LogP contribution >= 0.6 is 11.6 Å². The number of hydrogen-bond donors (Lipinski definition) is 1. The molecule has 0 spiro atoms. The molecule has 0 unspecified atom stereocenters. The number of ether oxygens (including phenoxy) is 2. The Morgan fingerprint density at radius 2 is 1.89 bits per heavy atom. The Morgan fingerprint density at radius 1 is 1.11 bits per heavy atom. The molecule has 0 aliphatic carbocycles. The van der Waals surface area contributed by atoms with Gasteiger partial charge in [0, 0.05) is 43.4 Å². The lowest BCUT2D eigenvalue weighted by Gasteiger charge is -2.37. The Kier molecular flexibility index (Phi) is 5.71. The molecule has 6 nitrogen and oxygen atoms in total. The molecule has 1 saturated heterocycles. The van der Waals surface area contributed by atoms with Crippen molar-refractivity contribution >= 4 is 23.2 Å². The molecule has 0 aromatic heterocycles. The van der Waals surface area contributed by atoms with Crippen molar-refractivity contribution in [3.05, 3.63) is 53.1 Å². The van der Waals surface area contributed by atoms with Crippen LogP contribution in [0.25, 0.3) is 0 Å². The molecular weight excluding hydrogens is 378 g/mol. The maximum atomic E-state index is 12.6. The molecule has 2 aliphatic heterocycles. The average molecular weight is 402 g/mol. The summed E-state index contributed by atoms with van der Waals surface area (Å²) >= 11 is 5.99. The summed E-state index contributed by atoms with van der Waals surface area (Å²) in [5, 5.41) is 3.56. The second-order valence-electron chi connectivity index (χ2n) is 7.18. The van der Waals surface area contributed by atoms with Gasteiger partial charge in [0.15, 0.2) is 11.5 Å². The summed E-state index contributed by atoms with van der Waals surface area (Å²) in [6, 6.07) is 13.1. The van der Waals surface area contributed by atoms with E-state index in [0.717, 1.165) is 49.9 Å². The van der Waals surface area contributed by atoms with E-state index in [-0.39, 0.29) is 11.9 Å². The van der Waals surface area contributed by atoms with Crippen molar-refractivity contribution < 1.29 is 14.3 Å². The summed E-state index contributed by atoms with van der Waals surface area (Å²) in [5.74, 6) is 1.63. The molecule has 0 radical (unpaired) electrons. The van der Waals surface area contributed by atoms with Crippen LogP contribution < -0.4 is 14.8 Å². The molecule has 2 aromatic rings. The maximum Gasteiger partial charge on any atom is 0.241 e. The molecule has 2 heterocycles. The van der Waals surface area contributed by atoms with E-state index < -0.39 is 0 Å². The van der Waals surface area contributed by atoms with Gasteiger partial charge in [-0.15, -0.1) is 0 Å². The van der Waals surface area contributed by atoms with E-state index in [9.17, 15) is 4.79 Å². The third kappa shape index (κ3) is 4.41. The summed E-state index contributed by atoms with van der Waals surface area (Å²) in [4.78, 5) is 17.2. The molecule has 4 rings (SSSR count). The van der Waals surface area contributed by atoms with Crippen LogP contribution in [0, 0.1) is 0 Å². The van der Waals surface area contributed by atoms with Gasteiger partial charge in [0.25, 0.3) is 0 Å². The molecule has 0 saturated carbocycles. The summed E-state index contributed by atoms with van der Waals surface area (Å²) in [5.41, 5.74) is 1.94. The monoisotopic (exact) mass is 401 g/mol. The largest absolute Gasteiger partial charge is 0.454 e. The number of fused-ring (bicyclic) bond motifs is 1. The van der Waals surface area contributed by atoms with Gasteiger partial charge in [-0.1, -0.05) is 23.7 Å². The van der Waals surface area contributed by atoms with E-state index >= 15 is 0 Å². The minimum atomic E-state index is -0.188. The Bertz CT molecular complexity index is 853. The van der Waals surface area contributed by atoms with Crippen LogP contribution in [-0.4, -0.2) is 54.7 Å².